The highest BCUT2D eigenvalue weighted by atomic mass is 79.9. The number of aliphatic carboxylic acids is 1. The van der Waals surface area contributed by atoms with Crippen molar-refractivity contribution >= 4 is 39.8 Å². The van der Waals surface area contributed by atoms with E-state index in [0.29, 0.717) is 15.6 Å². The molecule has 0 spiro atoms. The maximum atomic E-state index is 12.4. The zero-order valence-electron chi connectivity index (χ0n) is 13.0. The van der Waals surface area contributed by atoms with Crippen LogP contribution in [0.4, 0.5) is 0 Å². The Bertz CT molecular complexity index is 819. The summed E-state index contributed by atoms with van der Waals surface area (Å²) in [6.07, 6.45) is 1.48. The van der Waals surface area contributed by atoms with Gasteiger partial charge in [-0.25, -0.2) is 0 Å². The molecule has 0 bridgehead atoms. The van der Waals surface area contributed by atoms with E-state index in [0.717, 1.165) is 0 Å². The van der Waals surface area contributed by atoms with Gasteiger partial charge >= 0.3 is 5.97 Å². The number of benzene rings is 2. The molecule has 0 atom stereocenters. The van der Waals surface area contributed by atoms with Crippen LogP contribution in [0, 0.1) is 0 Å². The molecular formula is C18H15BrN2O4. The van der Waals surface area contributed by atoms with Crippen molar-refractivity contribution in [3.8, 4) is 0 Å². The summed E-state index contributed by atoms with van der Waals surface area (Å²) in [6.45, 7) is -0.546. The van der Waals surface area contributed by atoms with Crippen LogP contribution in [0.5, 0.6) is 0 Å². The molecule has 0 unspecified atom stereocenters. The molecule has 0 fully saturated rings. The molecule has 3 N–H and O–H groups in total. The number of carboxylic acid groups (broad SMARTS) is 1. The van der Waals surface area contributed by atoms with Crippen molar-refractivity contribution in [1.29, 1.82) is 0 Å². The van der Waals surface area contributed by atoms with Crippen molar-refractivity contribution in [3.05, 3.63) is 75.9 Å². The first-order valence-corrected chi connectivity index (χ1v) is 8.09. The monoisotopic (exact) mass is 402 g/mol. The molecule has 25 heavy (non-hydrogen) atoms. The number of carbonyl (C=O) groups excluding carboxylic acids is 2. The SMILES string of the molecule is O=C(O)CNC(=O)/C(=C/c1ccccc1)NC(=O)c1ccccc1Br. The molecule has 2 rings (SSSR count). The molecule has 2 amide bonds. The number of hydrogen-bond acceptors (Lipinski definition) is 3. The van der Waals surface area contributed by atoms with E-state index >= 15 is 0 Å². The summed E-state index contributed by atoms with van der Waals surface area (Å²) in [7, 11) is 0. The average Bonchev–Trinajstić information content (AvgIpc) is 2.60. The number of carboxylic acids is 1. The van der Waals surface area contributed by atoms with Gasteiger partial charge in [0.15, 0.2) is 0 Å². The van der Waals surface area contributed by atoms with E-state index in [2.05, 4.69) is 26.6 Å². The molecule has 7 heteroatoms. The van der Waals surface area contributed by atoms with Gasteiger partial charge in [-0.3, -0.25) is 14.4 Å². The summed E-state index contributed by atoms with van der Waals surface area (Å²) in [4.78, 5) is 35.3. The van der Waals surface area contributed by atoms with Crippen molar-refractivity contribution in [2.24, 2.45) is 0 Å². The number of carbonyl (C=O) groups is 3. The molecule has 0 aliphatic carbocycles. The summed E-state index contributed by atoms with van der Waals surface area (Å²) >= 11 is 3.28. The van der Waals surface area contributed by atoms with Crippen LogP contribution >= 0.6 is 15.9 Å². The first-order valence-electron chi connectivity index (χ1n) is 7.30. The lowest BCUT2D eigenvalue weighted by molar-refractivity contribution is -0.137. The van der Waals surface area contributed by atoms with Gasteiger partial charge in [0.2, 0.25) is 0 Å². The normalized spacial score (nSPS) is 10.8. The van der Waals surface area contributed by atoms with E-state index in [1.54, 1.807) is 48.5 Å². The van der Waals surface area contributed by atoms with Gasteiger partial charge in [-0.1, -0.05) is 42.5 Å². The fourth-order valence-electron chi connectivity index (χ4n) is 1.96. The quantitative estimate of drug-likeness (QED) is 0.646. The molecule has 0 heterocycles. The predicted octanol–water partition coefficient (Wildman–Crippen LogP) is 2.42. The lowest BCUT2D eigenvalue weighted by atomic mass is 10.1. The third kappa shape index (κ3) is 5.58. The van der Waals surface area contributed by atoms with Crippen LogP contribution < -0.4 is 10.6 Å². The summed E-state index contributed by atoms with van der Waals surface area (Å²) in [5, 5.41) is 13.5. The van der Waals surface area contributed by atoms with E-state index in [9.17, 15) is 14.4 Å². The third-order valence-corrected chi connectivity index (χ3v) is 3.81. The first-order chi connectivity index (χ1) is 12.0. The first kappa shape index (κ1) is 18.4. The molecule has 0 saturated heterocycles. The largest absolute Gasteiger partial charge is 0.480 e. The van der Waals surface area contributed by atoms with Gasteiger partial charge in [0.25, 0.3) is 11.8 Å². The summed E-state index contributed by atoms with van der Waals surface area (Å²) in [6, 6.07) is 15.7. The maximum Gasteiger partial charge on any atom is 0.322 e. The molecular weight excluding hydrogens is 388 g/mol. The minimum atomic E-state index is -1.18. The van der Waals surface area contributed by atoms with E-state index in [1.807, 2.05) is 6.07 Å². The van der Waals surface area contributed by atoms with Gasteiger partial charge in [-0.2, -0.15) is 0 Å². The van der Waals surface area contributed by atoms with Gasteiger partial charge in [0.05, 0.1) is 5.56 Å². The molecule has 0 saturated carbocycles. The average molecular weight is 403 g/mol. The molecule has 0 aliphatic heterocycles. The van der Waals surface area contributed by atoms with Gasteiger partial charge in [-0.05, 0) is 39.7 Å². The Hall–Kier alpha value is -2.93. The molecule has 0 aliphatic rings. The number of nitrogens with one attached hydrogen (secondary N) is 2. The number of hydrogen-bond donors (Lipinski definition) is 3. The van der Waals surface area contributed by atoms with Crippen LogP contribution in [0.2, 0.25) is 0 Å². The lowest BCUT2D eigenvalue weighted by Crippen LogP contribution is -2.37. The zero-order valence-corrected chi connectivity index (χ0v) is 14.6. The van der Waals surface area contributed by atoms with Crippen LogP contribution in [-0.4, -0.2) is 29.4 Å². The van der Waals surface area contributed by atoms with E-state index in [-0.39, 0.29) is 5.70 Å². The van der Waals surface area contributed by atoms with Gasteiger partial charge in [0.1, 0.15) is 12.2 Å². The molecule has 6 nitrogen and oxygen atoms in total. The fraction of sp³-hybridized carbons (Fsp3) is 0.0556. The minimum absolute atomic E-state index is 0.0480. The highest BCUT2D eigenvalue weighted by Crippen LogP contribution is 2.16. The Morgan fingerprint density at radius 1 is 1.00 bits per heavy atom. The van der Waals surface area contributed by atoms with Gasteiger partial charge < -0.3 is 15.7 Å². The maximum absolute atomic E-state index is 12.4. The minimum Gasteiger partial charge on any atom is -0.480 e. The Kier molecular flexibility index (Phi) is 6.47. The Balaban J connectivity index is 2.26. The van der Waals surface area contributed by atoms with E-state index in [1.165, 1.54) is 6.08 Å². The second-order valence-corrected chi connectivity index (χ2v) is 5.83. The van der Waals surface area contributed by atoms with Crippen LogP contribution in [0.25, 0.3) is 6.08 Å². The van der Waals surface area contributed by atoms with Crippen LogP contribution in [-0.2, 0) is 9.59 Å². The highest BCUT2D eigenvalue weighted by molar-refractivity contribution is 9.10. The molecule has 2 aromatic rings. The Morgan fingerprint density at radius 2 is 1.64 bits per heavy atom. The summed E-state index contributed by atoms with van der Waals surface area (Å²) in [5.74, 6) is -2.35. The number of halogens is 1. The smallest absolute Gasteiger partial charge is 0.322 e. The van der Waals surface area contributed by atoms with Gasteiger partial charge in [-0.15, -0.1) is 0 Å². The Labute approximate surface area is 152 Å². The number of rotatable bonds is 6. The highest BCUT2D eigenvalue weighted by Gasteiger charge is 2.16. The van der Waals surface area contributed by atoms with E-state index < -0.39 is 24.3 Å². The van der Waals surface area contributed by atoms with Crippen LogP contribution in [0.15, 0.2) is 64.8 Å². The van der Waals surface area contributed by atoms with Crippen LogP contribution in [0.3, 0.4) is 0 Å². The zero-order chi connectivity index (χ0) is 18.2. The lowest BCUT2D eigenvalue weighted by Gasteiger charge is -2.11. The van der Waals surface area contributed by atoms with Gasteiger partial charge in [0, 0.05) is 4.47 Å². The van der Waals surface area contributed by atoms with Crippen molar-refractivity contribution in [2.75, 3.05) is 6.54 Å². The third-order valence-electron chi connectivity index (χ3n) is 3.12. The summed E-state index contributed by atoms with van der Waals surface area (Å²) < 4.78 is 0.581. The topological polar surface area (TPSA) is 95.5 Å². The predicted molar refractivity (Wildman–Crippen MR) is 96.7 cm³/mol. The summed E-state index contributed by atoms with van der Waals surface area (Å²) in [5.41, 5.74) is 0.996. The van der Waals surface area contributed by atoms with Crippen molar-refractivity contribution in [1.82, 2.24) is 10.6 Å². The standard InChI is InChI=1S/C18H15BrN2O4/c19-14-9-5-4-8-13(14)17(24)21-15(18(25)20-11-16(22)23)10-12-6-2-1-3-7-12/h1-10H,11H2,(H,20,25)(H,21,24)(H,22,23)/b15-10-. The fourth-order valence-corrected chi connectivity index (χ4v) is 2.43. The second-order valence-electron chi connectivity index (χ2n) is 4.98. The molecule has 0 aromatic heterocycles. The van der Waals surface area contributed by atoms with Crippen molar-refractivity contribution < 1.29 is 19.5 Å². The Morgan fingerprint density at radius 3 is 2.28 bits per heavy atom. The van der Waals surface area contributed by atoms with Crippen LogP contribution in [0.1, 0.15) is 15.9 Å². The second kappa shape index (κ2) is 8.79. The number of amides is 2. The van der Waals surface area contributed by atoms with E-state index in [4.69, 9.17) is 5.11 Å². The molecule has 2 aromatic carbocycles. The van der Waals surface area contributed by atoms with Crippen molar-refractivity contribution in [2.45, 2.75) is 0 Å². The van der Waals surface area contributed by atoms with Crippen molar-refractivity contribution in [3.63, 3.8) is 0 Å². The molecule has 128 valence electrons. The molecule has 0 radical (unpaired) electrons.